The standard InChI is InChI=1S/C17H17F3N2O3S/c1-22(11-12-4-6-13(7-5-12)25-17(18,19)20)15(23)8-9-21-16(24)14-3-2-10-26-14/h2-7,10H,8-9,11H2,1H3,(H,21,24). The average molecular weight is 386 g/mol. The van der Waals surface area contributed by atoms with Gasteiger partial charge in [0.05, 0.1) is 4.88 Å². The molecule has 0 aliphatic heterocycles. The largest absolute Gasteiger partial charge is 0.573 e. The van der Waals surface area contributed by atoms with Gasteiger partial charge in [-0.2, -0.15) is 0 Å². The van der Waals surface area contributed by atoms with E-state index in [-0.39, 0.29) is 37.1 Å². The minimum atomic E-state index is -4.73. The number of hydrogen-bond donors (Lipinski definition) is 1. The highest BCUT2D eigenvalue weighted by molar-refractivity contribution is 7.12. The lowest BCUT2D eigenvalue weighted by Crippen LogP contribution is -2.31. The summed E-state index contributed by atoms with van der Waals surface area (Å²) in [6.07, 6.45) is -4.61. The van der Waals surface area contributed by atoms with Crippen molar-refractivity contribution in [3.8, 4) is 5.75 Å². The van der Waals surface area contributed by atoms with Crippen LogP contribution < -0.4 is 10.1 Å². The first-order valence-corrected chi connectivity index (χ1v) is 8.53. The number of thiophene rings is 1. The Morgan fingerprint density at radius 2 is 1.88 bits per heavy atom. The van der Waals surface area contributed by atoms with Crippen LogP contribution in [-0.4, -0.2) is 36.7 Å². The summed E-state index contributed by atoms with van der Waals surface area (Å²) in [6, 6.07) is 8.78. The molecule has 140 valence electrons. The van der Waals surface area contributed by atoms with Gasteiger partial charge in [0.1, 0.15) is 5.75 Å². The van der Waals surface area contributed by atoms with Gasteiger partial charge in [-0.05, 0) is 29.1 Å². The number of nitrogens with one attached hydrogen (secondary N) is 1. The van der Waals surface area contributed by atoms with Crippen LogP contribution in [0, 0.1) is 0 Å². The van der Waals surface area contributed by atoms with Crippen molar-refractivity contribution in [2.45, 2.75) is 19.3 Å². The zero-order chi connectivity index (χ0) is 19.2. The first-order chi connectivity index (χ1) is 12.2. The second-order valence-electron chi connectivity index (χ2n) is 5.42. The number of ether oxygens (including phenoxy) is 1. The number of alkyl halides is 3. The molecule has 2 rings (SSSR count). The normalized spacial score (nSPS) is 11.1. The zero-order valence-electron chi connectivity index (χ0n) is 13.9. The Morgan fingerprint density at radius 3 is 2.46 bits per heavy atom. The van der Waals surface area contributed by atoms with Gasteiger partial charge in [0.25, 0.3) is 5.91 Å². The van der Waals surface area contributed by atoms with E-state index in [1.165, 1.54) is 40.5 Å². The molecule has 0 spiro atoms. The van der Waals surface area contributed by atoms with Crippen molar-refractivity contribution in [3.63, 3.8) is 0 Å². The highest BCUT2D eigenvalue weighted by Crippen LogP contribution is 2.23. The first kappa shape index (κ1) is 19.8. The smallest absolute Gasteiger partial charge is 0.406 e. The van der Waals surface area contributed by atoms with Crippen LogP contribution in [0.2, 0.25) is 0 Å². The maximum atomic E-state index is 12.1. The number of carbonyl (C=O) groups excluding carboxylic acids is 2. The van der Waals surface area contributed by atoms with Gasteiger partial charge in [0.2, 0.25) is 5.91 Å². The van der Waals surface area contributed by atoms with Crippen molar-refractivity contribution in [1.82, 2.24) is 10.2 Å². The summed E-state index contributed by atoms with van der Waals surface area (Å²) in [7, 11) is 1.59. The molecule has 1 aromatic heterocycles. The van der Waals surface area contributed by atoms with E-state index in [1.54, 1.807) is 24.6 Å². The van der Waals surface area contributed by atoms with Gasteiger partial charge in [-0.3, -0.25) is 9.59 Å². The van der Waals surface area contributed by atoms with Gasteiger partial charge < -0.3 is 15.0 Å². The molecule has 5 nitrogen and oxygen atoms in total. The van der Waals surface area contributed by atoms with Crippen LogP contribution in [0.4, 0.5) is 13.2 Å². The van der Waals surface area contributed by atoms with Gasteiger partial charge in [0, 0.05) is 26.6 Å². The summed E-state index contributed by atoms with van der Waals surface area (Å²) in [6.45, 7) is 0.447. The first-order valence-electron chi connectivity index (χ1n) is 7.65. The highest BCUT2D eigenvalue weighted by Gasteiger charge is 2.30. The summed E-state index contributed by atoms with van der Waals surface area (Å²) in [5.74, 6) is -0.727. The molecule has 1 aromatic carbocycles. The second kappa shape index (κ2) is 8.70. The van der Waals surface area contributed by atoms with Crippen LogP contribution in [0.5, 0.6) is 5.75 Å². The van der Waals surface area contributed by atoms with E-state index in [4.69, 9.17) is 0 Å². The number of hydrogen-bond acceptors (Lipinski definition) is 4. The van der Waals surface area contributed by atoms with Crippen molar-refractivity contribution >= 4 is 23.2 Å². The molecule has 1 heterocycles. The maximum Gasteiger partial charge on any atom is 0.573 e. The summed E-state index contributed by atoms with van der Waals surface area (Å²) in [5, 5.41) is 4.46. The Morgan fingerprint density at radius 1 is 1.19 bits per heavy atom. The third kappa shape index (κ3) is 6.40. The predicted octanol–water partition coefficient (Wildman–Crippen LogP) is 3.43. The fraction of sp³-hybridized carbons (Fsp3) is 0.294. The van der Waals surface area contributed by atoms with Crippen molar-refractivity contribution < 1.29 is 27.5 Å². The van der Waals surface area contributed by atoms with Crippen molar-refractivity contribution in [2.75, 3.05) is 13.6 Å². The van der Waals surface area contributed by atoms with E-state index in [0.29, 0.717) is 10.4 Å². The molecule has 0 fully saturated rings. The van der Waals surface area contributed by atoms with E-state index in [1.807, 2.05) is 0 Å². The number of nitrogens with zero attached hydrogens (tertiary/aromatic N) is 1. The molecule has 0 aliphatic rings. The van der Waals surface area contributed by atoms with Gasteiger partial charge >= 0.3 is 6.36 Å². The van der Waals surface area contributed by atoms with Gasteiger partial charge in [0.15, 0.2) is 0 Å². The molecule has 0 aliphatic carbocycles. The number of carbonyl (C=O) groups is 2. The van der Waals surface area contributed by atoms with E-state index in [2.05, 4.69) is 10.1 Å². The Labute approximate surface area is 152 Å². The molecule has 0 atom stereocenters. The van der Waals surface area contributed by atoms with Crippen LogP contribution >= 0.6 is 11.3 Å². The minimum absolute atomic E-state index is 0.128. The van der Waals surface area contributed by atoms with Crippen LogP contribution in [0.15, 0.2) is 41.8 Å². The third-order valence-electron chi connectivity index (χ3n) is 3.37. The molecule has 0 saturated carbocycles. The number of amides is 2. The lowest BCUT2D eigenvalue weighted by atomic mass is 10.2. The number of rotatable bonds is 7. The molecule has 0 unspecified atom stereocenters. The van der Waals surface area contributed by atoms with E-state index < -0.39 is 6.36 Å². The molecule has 1 N–H and O–H groups in total. The summed E-state index contributed by atoms with van der Waals surface area (Å²) in [4.78, 5) is 25.9. The average Bonchev–Trinajstić information content (AvgIpc) is 3.09. The Hall–Kier alpha value is -2.55. The van der Waals surface area contributed by atoms with Crippen LogP contribution in [0.25, 0.3) is 0 Å². The van der Waals surface area contributed by atoms with Gasteiger partial charge in [-0.15, -0.1) is 24.5 Å². The summed E-state index contributed by atoms with van der Waals surface area (Å²) in [5.41, 5.74) is 0.665. The minimum Gasteiger partial charge on any atom is -0.406 e. The molecule has 9 heteroatoms. The molecular weight excluding hydrogens is 369 g/mol. The Kier molecular flexibility index (Phi) is 6.62. The monoisotopic (exact) mass is 386 g/mol. The Bertz CT molecular complexity index is 731. The topological polar surface area (TPSA) is 58.6 Å². The SMILES string of the molecule is CN(Cc1ccc(OC(F)(F)F)cc1)C(=O)CCNC(=O)c1cccs1. The maximum absolute atomic E-state index is 12.1. The fourth-order valence-corrected chi connectivity index (χ4v) is 2.77. The number of benzene rings is 1. The number of halogens is 3. The summed E-state index contributed by atoms with van der Waals surface area (Å²) >= 11 is 1.31. The molecule has 0 saturated heterocycles. The van der Waals surface area contributed by atoms with Crippen LogP contribution in [0.1, 0.15) is 21.7 Å². The zero-order valence-corrected chi connectivity index (χ0v) is 14.7. The van der Waals surface area contributed by atoms with E-state index in [9.17, 15) is 22.8 Å². The third-order valence-corrected chi connectivity index (χ3v) is 4.24. The van der Waals surface area contributed by atoms with Gasteiger partial charge in [-0.25, -0.2) is 0 Å². The fourth-order valence-electron chi connectivity index (χ4n) is 2.13. The lowest BCUT2D eigenvalue weighted by Gasteiger charge is -2.18. The van der Waals surface area contributed by atoms with Gasteiger partial charge in [-0.1, -0.05) is 18.2 Å². The van der Waals surface area contributed by atoms with Crippen molar-refractivity contribution in [2.24, 2.45) is 0 Å². The Balaban J connectivity index is 1.76. The summed E-state index contributed by atoms with van der Waals surface area (Å²) < 4.78 is 40.2. The molecule has 0 bridgehead atoms. The lowest BCUT2D eigenvalue weighted by molar-refractivity contribution is -0.274. The quantitative estimate of drug-likeness (QED) is 0.793. The van der Waals surface area contributed by atoms with Crippen LogP contribution in [-0.2, 0) is 11.3 Å². The second-order valence-corrected chi connectivity index (χ2v) is 6.37. The van der Waals surface area contributed by atoms with E-state index >= 15 is 0 Å². The van der Waals surface area contributed by atoms with Crippen LogP contribution in [0.3, 0.4) is 0 Å². The van der Waals surface area contributed by atoms with Crippen molar-refractivity contribution in [1.29, 1.82) is 0 Å². The predicted molar refractivity (Wildman–Crippen MR) is 90.9 cm³/mol. The molecular formula is C17H17F3N2O3S. The molecule has 2 amide bonds. The highest BCUT2D eigenvalue weighted by atomic mass is 32.1. The molecule has 26 heavy (non-hydrogen) atoms. The molecule has 0 radical (unpaired) electrons. The van der Waals surface area contributed by atoms with Crippen molar-refractivity contribution in [3.05, 3.63) is 52.2 Å². The van der Waals surface area contributed by atoms with E-state index in [0.717, 1.165) is 0 Å². The molecule has 2 aromatic rings.